The summed E-state index contributed by atoms with van der Waals surface area (Å²) in [6.07, 6.45) is 5.41. The van der Waals surface area contributed by atoms with Crippen LogP contribution in [0, 0.1) is 12.3 Å². The molecule has 0 unspecified atom stereocenters. The Labute approximate surface area is 234 Å². The van der Waals surface area contributed by atoms with Crippen molar-refractivity contribution in [3.05, 3.63) is 96.3 Å². The standard InChI is InChI=1S/C30H32N6O2S/c1-19-11-14-24(35(19)21-9-8-15-31-18-21)27-26(23-10-6-7-16-32-23)34-29(39)36(27)20-12-13-22(25(17-20)38-5)33-28(37)30(2,3)4/h6-18,26-27H,1-5H3,(H,33,37)(H,34,39)/t26-,27+/m1/s1. The third kappa shape index (κ3) is 5.09. The van der Waals surface area contributed by atoms with Crippen LogP contribution in [0.5, 0.6) is 5.75 Å². The molecule has 0 spiro atoms. The van der Waals surface area contributed by atoms with E-state index in [1.165, 1.54) is 0 Å². The van der Waals surface area contributed by atoms with E-state index in [0.717, 1.165) is 28.5 Å². The number of benzene rings is 1. The van der Waals surface area contributed by atoms with E-state index in [-0.39, 0.29) is 18.0 Å². The number of hydrogen-bond acceptors (Lipinski definition) is 5. The summed E-state index contributed by atoms with van der Waals surface area (Å²) in [6.45, 7) is 7.70. The molecule has 4 aromatic rings. The van der Waals surface area contributed by atoms with Crippen LogP contribution >= 0.6 is 12.2 Å². The first-order valence-electron chi connectivity index (χ1n) is 12.8. The summed E-state index contributed by atoms with van der Waals surface area (Å²) in [5.74, 6) is 0.455. The Bertz CT molecular complexity index is 1500. The van der Waals surface area contributed by atoms with E-state index in [0.29, 0.717) is 16.5 Å². The normalized spacial score (nSPS) is 17.2. The highest BCUT2D eigenvalue weighted by Crippen LogP contribution is 2.44. The van der Waals surface area contributed by atoms with Crippen LogP contribution in [0.4, 0.5) is 11.4 Å². The summed E-state index contributed by atoms with van der Waals surface area (Å²) in [4.78, 5) is 23.8. The third-order valence-corrected chi connectivity index (χ3v) is 7.12. The van der Waals surface area contributed by atoms with Gasteiger partial charge in [0.1, 0.15) is 11.8 Å². The fraction of sp³-hybridized carbons (Fsp3) is 0.267. The largest absolute Gasteiger partial charge is 0.494 e. The molecule has 5 rings (SSSR count). The zero-order valence-corrected chi connectivity index (χ0v) is 23.5. The first-order chi connectivity index (χ1) is 18.7. The minimum atomic E-state index is -0.541. The summed E-state index contributed by atoms with van der Waals surface area (Å²) in [5.41, 5.74) is 4.85. The molecule has 1 aliphatic rings. The van der Waals surface area contributed by atoms with Crippen molar-refractivity contribution in [3.63, 3.8) is 0 Å². The van der Waals surface area contributed by atoms with Crippen molar-refractivity contribution in [1.29, 1.82) is 0 Å². The molecule has 2 N–H and O–H groups in total. The SMILES string of the molecule is COc1cc(N2C(=S)N[C@H](c3ccccn3)[C@@H]2c2ccc(C)n2-c2cccnc2)ccc1NC(=O)C(C)(C)C. The number of rotatable bonds is 6. The van der Waals surface area contributed by atoms with Crippen LogP contribution in [0.2, 0.25) is 0 Å². The quantitative estimate of drug-likeness (QED) is 0.302. The second-order valence-corrected chi connectivity index (χ2v) is 10.9. The number of nitrogens with zero attached hydrogens (tertiary/aromatic N) is 4. The van der Waals surface area contributed by atoms with Crippen molar-refractivity contribution in [3.8, 4) is 11.4 Å². The minimum absolute atomic E-state index is 0.0928. The first-order valence-corrected chi connectivity index (χ1v) is 13.2. The summed E-state index contributed by atoms with van der Waals surface area (Å²) in [5, 5.41) is 7.07. The van der Waals surface area contributed by atoms with Crippen molar-refractivity contribution >= 4 is 34.6 Å². The van der Waals surface area contributed by atoms with Crippen molar-refractivity contribution in [1.82, 2.24) is 19.9 Å². The lowest BCUT2D eigenvalue weighted by atomic mass is 9.95. The van der Waals surface area contributed by atoms with Crippen LogP contribution in [0.1, 0.15) is 49.9 Å². The summed E-state index contributed by atoms with van der Waals surface area (Å²) < 4.78 is 7.91. The Morgan fingerprint density at radius 1 is 1.05 bits per heavy atom. The smallest absolute Gasteiger partial charge is 0.229 e. The van der Waals surface area contributed by atoms with Crippen molar-refractivity contribution in [2.45, 2.75) is 39.8 Å². The number of anilines is 2. The predicted molar refractivity (Wildman–Crippen MR) is 157 cm³/mol. The average Bonchev–Trinajstić information content (AvgIpc) is 3.48. The number of aromatic nitrogens is 3. The van der Waals surface area contributed by atoms with E-state index in [9.17, 15) is 4.79 Å². The maximum absolute atomic E-state index is 12.7. The van der Waals surface area contributed by atoms with Crippen LogP contribution in [-0.2, 0) is 4.79 Å². The maximum atomic E-state index is 12.7. The molecule has 200 valence electrons. The Hall–Kier alpha value is -4.24. The van der Waals surface area contributed by atoms with E-state index in [1.54, 1.807) is 19.5 Å². The molecule has 0 bridgehead atoms. The molecule has 8 nitrogen and oxygen atoms in total. The number of thiocarbonyl (C=S) groups is 1. The molecule has 1 aromatic carbocycles. The highest BCUT2D eigenvalue weighted by atomic mass is 32.1. The van der Waals surface area contributed by atoms with Crippen molar-refractivity contribution < 1.29 is 9.53 Å². The van der Waals surface area contributed by atoms with E-state index in [1.807, 2.05) is 75.5 Å². The van der Waals surface area contributed by atoms with Gasteiger partial charge in [-0.25, -0.2) is 0 Å². The van der Waals surface area contributed by atoms with Gasteiger partial charge in [0.15, 0.2) is 5.11 Å². The number of amides is 1. The lowest BCUT2D eigenvalue weighted by molar-refractivity contribution is -0.123. The number of ether oxygens (including phenoxy) is 1. The Balaban J connectivity index is 1.63. The van der Waals surface area contributed by atoms with E-state index >= 15 is 0 Å². The molecule has 2 atom stereocenters. The van der Waals surface area contributed by atoms with Gasteiger partial charge < -0.3 is 24.8 Å². The number of carbonyl (C=O) groups is 1. The summed E-state index contributed by atoms with van der Waals surface area (Å²) in [7, 11) is 1.59. The number of hydrogen-bond donors (Lipinski definition) is 2. The van der Waals surface area contributed by atoms with Gasteiger partial charge in [0.05, 0.1) is 36.4 Å². The molecule has 4 heterocycles. The van der Waals surface area contributed by atoms with Gasteiger partial charge in [-0.3, -0.25) is 14.8 Å². The van der Waals surface area contributed by atoms with E-state index in [4.69, 9.17) is 17.0 Å². The minimum Gasteiger partial charge on any atom is -0.494 e. The lowest BCUT2D eigenvalue weighted by Crippen LogP contribution is -2.30. The highest BCUT2D eigenvalue weighted by Gasteiger charge is 2.42. The number of nitrogens with one attached hydrogen (secondary N) is 2. The molecular weight excluding hydrogens is 508 g/mol. The molecule has 39 heavy (non-hydrogen) atoms. The Morgan fingerprint density at radius 3 is 2.54 bits per heavy atom. The maximum Gasteiger partial charge on any atom is 0.229 e. The first kappa shape index (κ1) is 26.4. The van der Waals surface area contributed by atoms with Gasteiger partial charge in [0.25, 0.3) is 0 Å². The highest BCUT2D eigenvalue weighted by molar-refractivity contribution is 7.80. The number of carbonyl (C=O) groups excluding carboxylic acids is 1. The topological polar surface area (TPSA) is 84.3 Å². The molecule has 1 fully saturated rings. The summed E-state index contributed by atoms with van der Waals surface area (Å²) >= 11 is 5.93. The lowest BCUT2D eigenvalue weighted by Gasteiger charge is -2.30. The Kier molecular flexibility index (Phi) is 7.10. The number of pyridine rings is 2. The number of aryl methyl sites for hydroxylation is 1. The van der Waals surface area contributed by atoms with Gasteiger partial charge >= 0.3 is 0 Å². The van der Waals surface area contributed by atoms with Crippen LogP contribution in [0.25, 0.3) is 5.69 Å². The molecule has 1 aliphatic heterocycles. The second-order valence-electron chi connectivity index (χ2n) is 10.5. The van der Waals surface area contributed by atoms with Gasteiger partial charge in [-0.1, -0.05) is 26.8 Å². The molecule has 1 amide bonds. The van der Waals surface area contributed by atoms with E-state index < -0.39 is 5.41 Å². The summed E-state index contributed by atoms with van der Waals surface area (Å²) in [6, 6.07) is 19.4. The molecule has 3 aromatic heterocycles. The predicted octanol–water partition coefficient (Wildman–Crippen LogP) is 5.75. The fourth-order valence-corrected chi connectivity index (χ4v) is 5.15. The van der Waals surface area contributed by atoms with Crippen LogP contribution < -0.4 is 20.3 Å². The molecule has 0 saturated carbocycles. The molecule has 0 aliphatic carbocycles. The fourth-order valence-electron chi connectivity index (χ4n) is 4.80. The molecule has 1 saturated heterocycles. The van der Waals surface area contributed by atoms with Crippen molar-refractivity contribution in [2.24, 2.45) is 5.41 Å². The van der Waals surface area contributed by atoms with Gasteiger partial charge in [-0.15, -0.1) is 0 Å². The van der Waals surface area contributed by atoms with E-state index in [2.05, 4.69) is 49.1 Å². The Morgan fingerprint density at radius 2 is 1.87 bits per heavy atom. The van der Waals surface area contributed by atoms with Gasteiger partial charge in [0, 0.05) is 41.0 Å². The van der Waals surface area contributed by atoms with Gasteiger partial charge in [-0.2, -0.15) is 0 Å². The second kappa shape index (κ2) is 10.5. The monoisotopic (exact) mass is 540 g/mol. The third-order valence-electron chi connectivity index (χ3n) is 6.80. The van der Waals surface area contributed by atoms with Gasteiger partial charge in [0.2, 0.25) is 5.91 Å². The number of methoxy groups -OCH3 is 1. The molecule has 0 radical (unpaired) electrons. The van der Waals surface area contributed by atoms with Crippen LogP contribution in [0.3, 0.4) is 0 Å². The van der Waals surface area contributed by atoms with Gasteiger partial charge in [-0.05, 0) is 67.7 Å². The molecule has 9 heteroatoms. The molecular formula is C30H32N6O2S. The average molecular weight is 541 g/mol. The zero-order chi connectivity index (χ0) is 27.7. The van der Waals surface area contributed by atoms with Crippen molar-refractivity contribution in [2.75, 3.05) is 17.3 Å². The van der Waals surface area contributed by atoms with Crippen LogP contribution in [0.15, 0.2) is 79.3 Å². The van der Waals surface area contributed by atoms with Crippen LogP contribution in [-0.4, -0.2) is 32.7 Å². The zero-order valence-electron chi connectivity index (χ0n) is 22.7.